The van der Waals surface area contributed by atoms with Crippen LogP contribution in [0.4, 0.5) is 5.95 Å². The highest BCUT2D eigenvalue weighted by Crippen LogP contribution is 2.26. The summed E-state index contributed by atoms with van der Waals surface area (Å²) >= 11 is 0. The van der Waals surface area contributed by atoms with Gasteiger partial charge in [0.05, 0.1) is 11.7 Å². The molecule has 0 fully saturated rings. The Bertz CT molecular complexity index is 1240. The zero-order chi connectivity index (χ0) is 26.5. The SMILES string of the molecule is C/C=C\C(C)CC(=O)Nc1nc(OCc2ccc(OC(=O)C(C)(C)C)cc2)c2ncn(C(C)C)c2n1. The van der Waals surface area contributed by atoms with E-state index in [-0.39, 0.29) is 42.3 Å². The molecule has 1 unspecified atom stereocenters. The van der Waals surface area contributed by atoms with Crippen molar-refractivity contribution in [3.05, 3.63) is 48.3 Å². The number of nitrogens with zero attached hydrogens (tertiary/aromatic N) is 4. The third kappa shape index (κ3) is 6.90. The van der Waals surface area contributed by atoms with E-state index in [1.807, 2.05) is 56.5 Å². The zero-order valence-corrected chi connectivity index (χ0v) is 22.0. The minimum atomic E-state index is -0.586. The maximum atomic E-state index is 12.5. The van der Waals surface area contributed by atoms with Crippen molar-refractivity contribution in [2.45, 2.75) is 67.5 Å². The molecule has 1 atom stereocenters. The molecule has 0 bridgehead atoms. The van der Waals surface area contributed by atoms with Crippen molar-refractivity contribution in [2.24, 2.45) is 11.3 Å². The van der Waals surface area contributed by atoms with Gasteiger partial charge in [-0.05, 0) is 65.2 Å². The Labute approximate surface area is 211 Å². The fraction of sp³-hybridized carbons (Fsp3) is 0.444. The average molecular weight is 494 g/mol. The van der Waals surface area contributed by atoms with Crippen LogP contribution in [0, 0.1) is 11.3 Å². The van der Waals surface area contributed by atoms with Gasteiger partial charge in [0, 0.05) is 12.5 Å². The Balaban J connectivity index is 1.79. The van der Waals surface area contributed by atoms with Gasteiger partial charge in [-0.25, -0.2) is 4.98 Å². The Morgan fingerprint density at radius 2 is 1.81 bits per heavy atom. The van der Waals surface area contributed by atoms with Gasteiger partial charge in [-0.15, -0.1) is 0 Å². The molecule has 2 heterocycles. The number of nitrogens with one attached hydrogen (secondary N) is 1. The fourth-order valence-corrected chi connectivity index (χ4v) is 3.36. The van der Waals surface area contributed by atoms with Gasteiger partial charge < -0.3 is 14.0 Å². The summed E-state index contributed by atoms with van der Waals surface area (Å²) in [4.78, 5) is 38.0. The molecule has 2 aromatic heterocycles. The predicted molar refractivity (Wildman–Crippen MR) is 139 cm³/mol. The summed E-state index contributed by atoms with van der Waals surface area (Å²) in [6.07, 6.45) is 5.91. The monoisotopic (exact) mass is 493 g/mol. The van der Waals surface area contributed by atoms with Crippen molar-refractivity contribution in [3.8, 4) is 11.6 Å². The lowest BCUT2D eigenvalue weighted by molar-refractivity contribution is -0.143. The summed E-state index contributed by atoms with van der Waals surface area (Å²) < 4.78 is 13.3. The number of benzene rings is 1. The van der Waals surface area contributed by atoms with Crippen LogP contribution in [0.2, 0.25) is 0 Å². The van der Waals surface area contributed by atoms with Crippen molar-refractivity contribution in [1.82, 2.24) is 19.5 Å². The highest BCUT2D eigenvalue weighted by Gasteiger charge is 2.23. The molecule has 0 spiro atoms. The second-order valence-corrected chi connectivity index (χ2v) is 10.1. The molecule has 1 amide bonds. The Kier molecular flexibility index (Phi) is 8.45. The molecule has 0 saturated carbocycles. The molecule has 192 valence electrons. The van der Waals surface area contributed by atoms with Crippen LogP contribution >= 0.6 is 0 Å². The molecule has 36 heavy (non-hydrogen) atoms. The lowest BCUT2D eigenvalue weighted by Crippen LogP contribution is -2.25. The summed E-state index contributed by atoms with van der Waals surface area (Å²) in [6.45, 7) is 13.6. The van der Waals surface area contributed by atoms with E-state index in [1.165, 1.54) is 0 Å². The third-order valence-electron chi connectivity index (χ3n) is 5.35. The lowest BCUT2D eigenvalue weighted by atomic mass is 9.97. The highest BCUT2D eigenvalue weighted by atomic mass is 16.5. The van der Waals surface area contributed by atoms with Crippen molar-refractivity contribution >= 4 is 29.0 Å². The first-order chi connectivity index (χ1) is 17.0. The summed E-state index contributed by atoms with van der Waals surface area (Å²) in [6, 6.07) is 7.20. The summed E-state index contributed by atoms with van der Waals surface area (Å²) in [5.74, 6) is 0.533. The zero-order valence-electron chi connectivity index (χ0n) is 22.0. The molecule has 9 nitrogen and oxygen atoms in total. The van der Waals surface area contributed by atoms with Crippen LogP contribution in [0.25, 0.3) is 11.2 Å². The first-order valence-electron chi connectivity index (χ1n) is 12.1. The number of anilines is 1. The van der Waals surface area contributed by atoms with Crippen molar-refractivity contribution < 1.29 is 19.1 Å². The van der Waals surface area contributed by atoms with E-state index < -0.39 is 5.41 Å². The Hall–Kier alpha value is -3.75. The Morgan fingerprint density at radius 1 is 1.11 bits per heavy atom. The summed E-state index contributed by atoms with van der Waals surface area (Å²) in [5.41, 5.74) is 1.36. The van der Waals surface area contributed by atoms with Crippen molar-refractivity contribution in [3.63, 3.8) is 0 Å². The maximum Gasteiger partial charge on any atom is 0.316 e. The van der Waals surface area contributed by atoms with Crippen LogP contribution < -0.4 is 14.8 Å². The number of allylic oxidation sites excluding steroid dienone is 2. The second kappa shape index (κ2) is 11.3. The van der Waals surface area contributed by atoms with Crippen LogP contribution in [-0.2, 0) is 16.2 Å². The second-order valence-electron chi connectivity index (χ2n) is 10.1. The molecule has 0 radical (unpaired) electrons. The standard InChI is InChI=1S/C27H35N5O4/c1-8-9-18(4)14-21(33)29-26-30-23-22(28-16-32(23)17(2)3)24(31-26)35-15-19-10-12-20(13-11-19)36-25(34)27(5,6)7/h8-13,16-18H,14-15H2,1-7H3,(H,29,30,31,33)/b9-8-. The fourth-order valence-electron chi connectivity index (χ4n) is 3.36. The number of rotatable bonds is 9. The van der Waals surface area contributed by atoms with Gasteiger partial charge in [0.15, 0.2) is 11.2 Å². The van der Waals surface area contributed by atoms with Gasteiger partial charge >= 0.3 is 5.97 Å². The number of carbonyl (C=O) groups is 2. The van der Waals surface area contributed by atoms with E-state index in [0.717, 1.165) is 5.56 Å². The van der Waals surface area contributed by atoms with Crippen molar-refractivity contribution in [2.75, 3.05) is 5.32 Å². The first-order valence-corrected chi connectivity index (χ1v) is 12.1. The predicted octanol–water partition coefficient (Wildman–Crippen LogP) is 5.48. The van der Waals surface area contributed by atoms with Gasteiger partial charge in [-0.1, -0.05) is 31.2 Å². The van der Waals surface area contributed by atoms with Gasteiger partial charge in [-0.2, -0.15) is 9.97 Å². The molecule has 1 aromatic carbocycles. The number of hydrogen-bond acceptors (Lipinski definition) is 7. The highest BCUT2D eigenvalue weighted by molar-refractivity contribution is 5.90. The average Bonchev–Trinajstić information content (AvgIpc) is 3.22. The van der Waals surface area contributed by atoms with Gasteiger partial charge in [0.25, 0.3) is 0 Å². The van der Waals surface area contributed by atoms with Gasteiger partial charge in [0.1, 0.15) is 12.4 Å². The van der Waals surface area contributed by atoms with E-state index in [9.17, 15) is 9.59 Å². The number of amides is 1. The molecule has 0 saturated heterocycles. The smallest absolute Gasteiger partial charge is 0.316 e. The molecule has 0 aliphatic carbocycles. The van der Waals surface area contributed by atoms with E-state index in [2.05, 4.69) is 20.3 Å². The number of hydrogen-bond donors (Lipinski definition) is 1. The number of esters is 1. The molecule has 0 aliphatic rings. The quantitative estimate of drug-likeness (QED) is 0.239. The van der Waals surface area contributed by atoms with Crippen LogP contribution in [0.1, 0.15) is 66.5 Å². The largest absolute Gasteiger partial charge is 0.471 e. The molecule has 1 N–H and O–H groups in total. The summed E-state index contributed by atoms with van der Waals surface area (Å²) in [5, 5.41) is 2.79. The normalized spacial score (nSPS) is 12.8. The third-order valence-corrected chi connectivity index (χ3v) is 5.35. The van der Waals surface area contributed by atoms with Crippen LogP contribution in [0.15, 0.2) is 42.7 Å². The van der Waals surface area contributed by atoms with Crippen LogP contribution in [0.5, 0.6) is 11.6 Å². The van der Waals surface area contributed by atoms with E-state index in [4.69, 9.17) is 9.47 Å². The number of carbonyl (C=O) groups excluding carboxylic acids is 2. The van der Waals surface area contributed by atoms with Gasteiger partial charge in [0.2, 0.25) is 17.7 Å². The molecule has 0 aliphatic heterocycles. The molecule has 3 aromatic rings. The minimum Gasteiger partial charge on any atom is -0.471 e. The van der Waals surface area contributed by atoms with Gasteiger partial charge in [-0.3, -0.25) is 14.9 Å². The maximum absolute atomic E-state index is 12.5. The van der Waals surface area contributed by atoms with E-state index >= 15 is 0 Å². The molecular formula is C27H35N5O4. The first kappa shape index (κ1) is 26.8. The number of fused-ring (bicyclic) bond motifs is 1. The topological polar surface area (TPSA) is 108 Å². The summed E-state index contributed by atoms with van der Waals surface area (Å²) in [7, 11) is 0. The van der Waals surface area contributed by atoms with Crippen LogP contribution in [-0.4, -0.2) is 31.4 Å². The number of ether oxygens (including phenoxy) is 2. The minimum absolute atomic E-state index is 0.0984. The molecular weight excluding hydrogens is 458 g/mol. The Morgan fingerprint density at radius 3 is 2.42 bits per heavy atom. The molecule has 9 heteroatoms. The van der Waals surface area contributed by atoms with E-state index in [1.54, 1.807) is 39.2 Å². The lowest BCUT2D eigenvalue weighted by Gasteiger charge is -2.16. The number of aromatic nitrogens is 4. The van der Waals surface area contributed by atoms with E-state index in [0.29, 0.717) is 23.3 Å². The van der Waals surface area contributed by atoms with Crippen LogP contribution in [0.3, 0.4) is 0 Å². The van der Waals surface area contributed by atoms with Crippen molar-refractivity contribution in [1.29, 1.82) is 0 Å². The molecule has 3 rings (SSSR count). The number of imidazole rings is 1.